The van der Waals surface area contributed by atoms with Crippen LogP contribution >= 0.6 is 0 Å². The molecule has 2 aromatic rings. The lowest BCUT2D eigenvalue weighted by atomic mass is 9.83. The number of hydrogen-bond donors (Lipinski definition) is 1. The zero-order chi connectivity index (χ0) is 17.7. The molecule has 1 atom stereocenters. The van der Waals surface area contributed by atoms with Crippen LogP contribution in [0.4, 0.5) is 0 Å². The minimum absolute atomic E-state index is 0.0172. The second-order valence-electron chi connectivity index (χ2n) is 6.95. The molecule has 0 bridgehead atoms. The summed E-state index contributed by atoms with van der Waals surface area (Å²) in [6.45, 7) is 8.65. The van der Waals surface area contributed by atoms with Crippen LogP contribution in [0.2, 0.25) is 0 Å². The third-order valence-corrected chi connectivity index (χ3v) is 3.94. The van der Waals surface area contributed by atoms with Crippen LogP contribution in [0, 0.1) is 0 Å². The quantitative estimate of drug-likeness (QED) is 0.844. The first-order valence-corrected chi connectivity index (χ1v) is 8.28. The monoisotopic (exact) mass is 326 g/mol. The van der Waals surface area contributed by atoms with Gasteiger partial charge in [-0.25, -0.2) is 0 Å². The molecular weight excluding hydrogens is 300 g/mol. The van der Waals surface area contributed by atoms with Crippen molar-refractivity contribution in [1.29, 1.82) is 0 Å². The fourth-order valence-corrected chi connectivity index (χ4v) is 2.52. The second kappa shape index (κ2) is 7.58. The molecule has 0 saturated carbocycles. The maximum absolute atomic E-state index is 11.8. The zero-order valence-corrected chi connectivity index (χ0v) is 14.9. The van der Waals surface area contributed by atoms with E-state index in [4.69, 9.17) is 10.5 Å². The number of benzene rings is 1. The molecule has 4 heteroatoms. The van der Waals surface area contributed by atoms with E-state index in [1.807, 2.05) is 24.4 Å². The maximum Gasteiger partial charge on any atom is 0.307 e. The number of carbonyl (C=O) groups is 1. The number of nitrogens with two attached hydrogens (primary N) is 1. The average Bonchev–Trinajstić information content (AvgIpc) is 2.54. The van der Waals surface area contributed by atoms with Gasteiger partial charge in [-0.15, -0.1) is 0 Å². The van der Waals surface area contributed by atoms with Gasteiger partial charge in [-0.3, -0.25) is 9.78 Å². The van der Waals surface area contributed by atoms with Gasteiger partial charge in [0.2, 0.25) is 0 Å². The number of carbonyl (C=O) groups excluding carboxylic acids is 1. The highest BCUT2D eigenvalue weighted by Crippen LogP contribution is 2.31. The molecule has 0 amide bonds. The standard InChI is InChI=1S/C20H26N2O2/c1-5-24-19(23)12-18(21)16-9-15(14-7-6-8-22-13-14)10-17(11-16)20(2,3)4/h6-11,13,18H,5,12,21H2,1-4H3/t18-/m0/s1. The summed E-state index contributed by atoms with van der Waals surface area (Å²) in [4.78, 5) is 15.9. The Balaban J connectivity index is 2.42. The molecule has 0 saturated heterocycles. The molecule has 1 aromatic carbocycles. The Morgan fingerprint density at radius 1 is 1.25 bits per heavy atom. The molecule has 2 N–H and O–H groups in total. The minimum Gasteiger partial charge on any atom is -0.466 e. The van der Waals surface area contributed by atoms with Crippen LogP contribution in [-0.4, -0.2) is 17.6 Å². The van der Waals surface area contributed by atoms with Gasteiger partial charge in [-0.2, -0.15) is 0 Å². The summed E-state index contributed by atoms with van der Waals surface area (Å²) in [5.74, 6) is -0.269. The maximum atomic E-state index is 11.8. The van der Waals surface area contributed by atoms with Crippen molar-refractivity contribution in [3.8, 4) is 11.1 Å². The van der Waals surface area contributed by atoms with Crippen molar-refractivity contribution in [3.63, 3.8) is 0 Å². The summed E-state index contributed by atoms with van der Waals surface area (Å²) in [5.41, 5.74) is 10.5. The topological polar surface area (TPSA) is 65.2 Å². The lowest BCUT2D eigenvalue weighted by molar-refractivity contribution is -0.143. The third-order valence-electron chi connectivity index (χ3n) is 3.94. The van der Waals surface area contributed by atoms with Crippen molar-refractivity contribution in [1.82, 2.24) is 4.98 Å². The van der Waals surface area contributed by atoms with Crippen molar-refractivity contribution < 1.29 is 9.53 Å². The highest BCUT2D eigenvalue weighted by Gasteiger charge is 2.19. The summed E-state index contributed by atoms with van der Waals surface area (Å²) >= 11 is 0. The Morgan fingerprint density at radius 3 is 2.58 bits per heavy atom. The molecule has 24 heavy (non-hydrogen) atoms. The van der Waals surface area contributed by atoms with Gasteiger partial charge in [-0.1, -0.05) is 39.0 Å². The van der Waals surface area contributed by atoms with E-state index in [1.54, 1.807) is 13.1 Å². The molecule has 128 valence electrons. The number of ether oxygens (including phenoxy) is 1. The number of esters is 1. The van der Waals surface area contributed by atoms with Crippen LogP contribution in [0.5, 0.6) is 0 Å². The van der Waals surface area contributed by atoms with E-state index in [0.29, 0.717) is 6.61 Å². The number of aromatic nitrogens is 1. The van der Waals surface area contributed by atoms with E-state index in [-0.39, 0.29) is 23.8 Å². The van der Waals surface area contributed by atoms with Gasteiger partial charge < -0.3 is 10.5 Å². The largest absolute Gasteiger partial charge is 0.466 e. The van der Waals surface area contributed by atoms with E-state index < -0.39 is 0 Å². The molecular formula is C20H26N2O2. The Kier molecular flexibility index (Phi) is 5.73. The number of pyridine rings is 1. The fourth-order valence-electron chi connectivity index (χ4n) is 2.52. The summed E-state index contributed by atoms with van der Waals surface area (Å²) in [6.07, 6.45) is 3.76. The fraction of sp³-hybridized carbons (Fsp3) is 0.400. The highest BCUT2D eigenvalue weighted by molar-refractivity contribution is 5.71. The van der Waals surface area contributed by atoms with Crippen LogP contribution in [0.1, 0.15) is 51.3 Å². The Morgan fingerprint density at radius 2 is 2.00 bits per heavy atom. The van der Waals surface area contributed by atoms with Crippen LogP contribution < -0.4 is 5.73 Å². The van der Waals surface area contributed by atoms with Gasteiger partial charge in [0.1, 0.15) is 0 Å². The number of nitrogens with zero attached hydrogens (tertiary/aromatic N) is 1. The first-order valence-electron chi connectivity index (χ1n) is 8.28. The van der Waals surface area contributed by atoms with Gasteiger partial charge in [0.25, 0.3) is 0 Å². The Labute approximate surface area is 144 Å². The highest BCUT2D eigenvalue weighted by atomic mass is 16.5. The molecule has 0 radical (unpaired) electrons. The van der Waals surface area contributed by atoms with Crippen molar-refractivity contribution in [2.75, 3.05) is 6.61 Å². The second-order valence-corrected chi connectivity index (χ2v) is 6.95. The predicted octanol–water partition coefficient (Wildman–Crippen LogP) is 4.00. The van der Waals surface area contributed by atoms with Crippen LogP contribution in [0.25, 0.3) is 11.1 Å². The zero-order valence-electron chi connectivity index (χ0n) is 14.9. The lowest BCUT2D eigenvalue weighted by Crippen LogP contribution is -2.19. The van der Waals surface area contributed by atoms with Gasteiger partial charge in [-0.05, 0) is 41.2 Å². The number of hydrogen-bond acceptors (Lipinski definition) is 4. The summed E-state index contributed by atoms with van der Waals surface area (Å²) in [5, 5.41) is 0. The first-order chi connectivity index (χ1) is 11.3. The molecule has 0 aliphatic rings. The SMILES string of the molecule is CCOC(=O)C[C@H](N)c1cc(-c2cccnc2)cc(C(C)(C)C)c1. The molecule has 0 aliphatic carbocycles. The van der Waals surface area contributed by atoms with Crippen molar-refractivity contribution in [2.45, 2.75) is 45.6 Å². The normalized spacial score (nSPS) is 12.7. The summed E-state index contributed by atoms with van der Waals surface area (Å²) < 4.78 is 5.02. The molecule has 1 aromatic heterocycles. The Bertz CT molecular complexity index is 691. The molecule has 2 rings (SSSR count). The van der Waals surface area contributed by atoms with Crippen LogP contribution in [-0.2, 0) is 14.9 Å². The van der Waals surface area contributed by atoms with Crippen molar-refractivity contribution >= 4 is 5.97 Å². The van der Waals surface area contributed by atoms with E-state index in [9.17, 15) is 4.79 Å². The first kappa shape index (κ1) is 18.1. The summed E-state index contributed by atoms with van der Waals surface area (Å²) in [7, 11) is 0. The molecule has 1 heterocycles. The average molecular weight is 326 g/mol. The van der Waals surface area contributed by atoms with E-state index >= 15 is 0 Å². The molecule has 0 fully saturated rings. The van der Waals surface area contributed by atoms with Crippen LogP contribution in [0.15, 0.2) is 42.7 Å². The lowest BCUT2D eigenvalue weighted by Gasteiger charge is -2.23. The predicted molar refractivity (Wildman–Crippen MR) is 96.6 cm³/mol. The van der Waals surface area contributed by atoms with E-state index in [1.165, 1.54) is 5.56 Å². The van der Waals surface area contributed by atoms with Gasteiger partial charge in [0.05, 0.1) is 13.0 Å². The number of rotatable bonds is 5. The minimum atomic E-state index is -0.387. The molecule has 0 spiro atoms. The van der Waals surface area contributed by atoms with E-state index in [2.05, 4.69) is 37.9 Å². The third kappa shape index (κ3) is 4.65. The van der Waals surface area contributed by atoms with Gasteiger partial charge in [0.15, 0.2) is 0 Å². The van der Waals surface area contributed by atoms with Crippen molar-refractivity contribution in [3.05, 3.63) is 53.9 Å². The van der Waals surface area contributed by atoms with Gasteiger partial charge in [0, 0.05) is 24.0 Å². The Hall–Kier alpha value is -2.20. The van der Waals surface area contributed by atoms with E-state index in [0.717, 1.165) is 16.7 Å². The summed E-state index contributed by atoms with van der Waals surface area (Å²) in [6, 6.07) is 9.84. The smallest absolute Gasteiger partial charge is 0.307 e. The van der Waals surface area contributed by atoms with Gasteiger partial charge >= 0.3 is 5.97 Å². The van der Waals surface area contributed by atoms with Crippen LogP contribution in [0.3, 0.4) is 0 Å². The van der Waals surface area contributed by atoms with Crippen molar-refractivity contribution in [2.24, 2.45) is 5.73 Å². The molecule has 0 unspecified atom stereocenters. The molecule has 0 aliphatic heterocycles. The molecule has 4 nitrogen and oxygen atoms in total.